The van der Waals surface area contributed by atoms with Gasteiger partial charge in [-0.3, -0.25) is 5.14 Å². The quantitative estimate of drug-likeness (QED) is 0.317. The van der Waals surface area contributed by atoms with Gasteiger partial charge in [0.25, 0.3) is 0 Å². The number of hydrogen-bond acceptors (Lipinski definition) is 7. The van der Waals surface area contributed by atoms with Gasteiger partial charge in [-0.15, -0.1) is 11.8 Å². The molecule has 1 aliphatic rings. The van der Waals surface area contributed by atoms with Gasteiger partial charge in [-0.1, -0.05) is 18.2 Å². The molecular formula is C21H27F3N4S3. The Labute approximate surface area is 194 Å². The predicted molar refractivity (Wildman–Crippen MR) is 127 cm³/mol. The van der Waals surface area contributed by atoms with Crippen molar-refractivity contribution in [3.63, 3.8) is 0 Å². The number of hydrogen-bond donors (Lipinski definition) is 3. The molecule has 4 nitrogen and oxygen atoms in total. The largest absolute Gasteiger partial charge is 0.446 e. The molecule has 0 spiro atoms. The summed E-state index contributed by atoms with van der Waals surface area (Å²) in [7, 11) is 0. The van der Waals surface area contributed by atoms with Crippen LogP contribution in [0.25, 0.3) is 0 Å². The van der Waals surface area contributed by atoms with E-state index in [1.807, 2.05) is 18.2 Å². The summed E-state index contributed by atoms with van der Waals surface area (Å²) < 4.78 is 39.4. The molecular weight excluding hydrogens is 461 g/mol. The second kappa shape index (κ2) is 12.3. The van der Waals surface area contributed by atoms with Gasteiger partial charge >= 0.3 is 5.51 Å². The van der Waals surface area contributed by atoms with Crippen LogP contribution in [-0.2, 0) is 0 Å². The van der Waals surface area contributed by atoms with Crippen molar-refractivity contribution in [3.05, 3.63) is 48.5 Å². The third-order valence-corrected chi connectivity index (χ3v) is 7.36. The highest BCUT2D eigenvalue weighted by atomic mass is 32.2. The summed E-state index contributed by atoms with van der Waals surface area (Å²) in [6.07, 6.45) is 0.851. The van der Waals surface area contributed by atoms with Crippen LogP contribution >= 0.6 is 35.5 Å². The van der Waals surface area contributed by atoms with Crippen molar-refractivity contribution in [2.24, 2.45) is 5.14 Å². The standard InChI is InChI=1S/C21H27F3N4S3/c22-21(23,24)30-20-14-18(31-25)6-7-19(20)27-16(8-11-28-12-9-26-10-13-28)15-29-17-4-2-1-3-5-17/h1-7,14,16,26-27H,8-13,15,25H2. The van der Waals surface area contributed by atoms with Gasteiger partial charge < -0.3 is 15.5 Å². The second-order valence-corrected chi connectivity index (χ2v) is 10.1. The Morgan fingerprint density at radius 1 is 1.06 bits per heavy atom. The topological polar surface area (TPSA) is 53.3 Å². The van der Waals surface area contributed by atoms with E-state index in [1.165, 1.54) is 6.07 Å². The lowest BCUT2D eigenvalue weighted by molar-refractivity contribution is -0.0328. The Morgan fingerprint density at radius 2 is 1.81 bits per heavy atom. The fourth-order valence-corrected chi connectivity index (χ4v) is 5.38. The normalized spacial score (nSPS) is 16.3. The van der Waals surface area contributed by atoms with Crippen LogP contribution in [0.2, 0.25) is 0 Å². The van der Waals surface area contributed by atoms with Crippen LogP contribution in [0.15, 0.2) is 63.2 Å². The van der Waals surface area contributed by atoms with E-state index in [1.54, 1.807) is 23.9 Å². The molecule has 0 radical (unpaired) electrons. The van der Waals surface area contributed by atoms with Crippen LogP contribution in [-0.4, -0.2) is 54.9 Å². The number of anilines is 1. The minimum Gasteiger partial charge on any atom is -0.381 e. The smallest absolute Gasteiger partial charge is 0.381 e. The number of nitrogens with one attached hydrogen (secondary N) is 2. The molecule has 170 valence electrons. The molecule has 0 bridgehead atoms. The lowest BCUT2D eigenvalue weighted by Crippen LogP contribution is -2.44. The molecule has 1 heterocycles. The summed E-state index contributed by atoms with van der Waals surface area (Å²) in [4.78, 5) is 4.31. The molecule has 3 rings (SSSR count). The van der Waals surface area contributed by atoms with E-state index in [0.717, 1.165) is 61.7 Å². The molecule has 2 aromatic carbocycles. The monoisotopic (exact) mass is 488 g/mol. The van der Waals surface area contributed by atoms with Crippen molar-refractivity contribution >= 4 is 41.2 Å². The number of alkyl halides is 3. The van der Waals surface area contributed by atoms with Crippen molar-refractivity contribution in [2.75, 3.05) is 43.8 Å². The lowest BCUT2D eigenvalue weighted by atomic mass is 10.2. The first-order chi connectivity index (χ1) is 14.9. The van der Waals surface area contributed by atoms with Gasteiger partial charge in [-0.2, -0.15) is 13.2 Å². The van der Waals surface area contributed by atoms with E-state index in [2.05, 4.69) is 27.7 Å². The van der Waals surface area contributed by atoms with Gasteiger partial charge in [-0.05, 0) is 60.5 Å². The Bertz CT molecular complexity index is 802. The summed E-state index contributed by atoms with van der Waals surface area (Å²) in [5.41, 5.74) is -3.86. The molecule has 1 aliphatic heterocycles. The van der Waals surface area contributed by atoms with Gasteiger partial charge in [0.2, 0.25) is 0 Å². The highest BCUT2D eigenvalue weighted by molar-refractivity contribution is 8.00. The molecule has 1 fully saturated rings. The Balaban J connectivity index is 1.72. The highest BCUT2D eigenvalue weighted by Gasteiger charge is 2.31. The SMILES string of the molecule is NSc1ccc(NC(CCN2CCNCC2)CSc2ccccc2)c(SC(F)(F)F)c1. The maximum atomic E-state index is 13.1. The molecule has 4 N–H and O–H groups in total. The predicted octanol–water partition coefficient (Wildman–Crippen LogP) is 5.13. The van der Waals surface area contributed by atoms with E-state index in [-0.39, 0.29) is 22.7 Å². The minimum atomic E-state index is -4.36. The molecule has 10 heteroatoms. The summed E-state index contributed by atoms with van der Waals surface area (Å²) >= 11 is 2.57. The van der Waals surface area contributed by atoms with Gasteiger partial charge in [0.05, 0.1) is 0 Å². The van der Waals surface area contributed by atoms with Gasteiger partial charge in [-0.25, -0.2) is 0 Å². The molecule has 1 saturated heterocycles. The summed E-state index contributed by atoms with van der Waals surface area (Å²) in [5.74, 6) is 0.764. The van der Waals surface area contributed by atoms with Crippen molar-refractivity contribution in [3.8, 4) is 0 Å². The number of halogens is 3. The molecule has 31 heavy (non-hydrogen) atoms. The van der Waals surface area contributed by atoms with Crippen LogP contribution in [0, 0.1) is 0 Å². The van der Waals surface area contributed by atoms with Crippen LogP contribution < -0.4 is 15.8 Å². The van der Waals surface area contributed by atoms with Gasteiger partial charge in [0, 0.05) is 64.9 Å². The third kappa shape index (κ3) is 8.78. The summed E-state index contributed by atoms with van der Waals surface area (Å²) in [6, 6.07) is 15.1. The zero-order chi connectivity index (χ0) is 22.1. The number of thioether (sulfide) groups is 2. The van der Waals surface area contributed by atoms with Crippen molar-refractivity contribution in [1.82, 2.24) is 10.2 Å². The highest BCUT2D eigenvalue weighted by Crippen LogP contribution is 2.42. The number of nitrogens with two attached hydrogens (primary N) is 1. The number of nitrogens with zero attached hydrogens (tertiary/aromatic N) is 1. The number of rotatable bonds is 10. The zero-order valence-electron chi connectivity index (χ0n) is 17.0. The first kappa shape index (κ1) is 24.6. The fourth-order valence-electron chi connectivity index (χ4n) is 3.31. The van der Waals surface area contributed by atoms with Gasteiger partial charge in [0.15, 0.2) is 0 Å². The maximum absolute atomic E-state index is 13.1. The molecule has 0 saturated carbocycles. The minimum absolute atomic E-state index is 0.0315. The van der Waals surface area contributed by atoms with Crippen LogP contribution in [0.3, 0.4) is 0 Å². The van der Waals surface area contributed by atoms with Crippen LogP contribution in [0.1, 0.15) is 6.42 Å². The average molecular weight is 489 g/mol. The van der Waals surface area contributed by atoms with Crippen molar-refractivity contribution in [2.45, 2.75) is 32.7 Å². The van der Waals surface area contributed by atoms with E-state index in [0.29, 0.717) is 10.6 Å². The Hall–Kier alpha value is -1.04. The van der Waals surface area contributed by atoms with Crippen LogP contribution in [0.5, 0.6) is 0 Å². The first-order valence-electron chi connectivity index (χ1n) is 10.1. The molecule has 0 aliphatic carbocycles. The van der Waals surface area contributed by atoms with E-state index >= 15 is 0 Å². The molecule has 0 aromatic heterocycles. The molecule has 2 aromatic rings. The first-order valence-corrected chi connectivity index (χ1v) is 12.7. The second-order valence-electron chi connectivity index (χ2n) is 7.17. The average Bonchev–Trinajstić information content (AvgIpc) is 2.77. The Kier molecular flexibility index (Phi) is 9.73. The maximum Gasteiger partial charge on any atom is 0.446 e. The van der Waals surface area contributed by atoms with E-state index in [4.69, 9.17) is 5.14 Å². The lowest BCUT2D eigenvalue weighted by Gasteiger charge is -2.29. The molecule has 0 amide bonds. The van der Waals surface area contributed by atoms with Crippen molar-refractivity contribution in [1.29, 1.82) is 0 Å². The Morgan fingerprint density at radius 3 is 2.48 bits per heavy atom. The summed E-state index contributed by atoms with van der Waals surface area (Å²) in [5, 5.41) is 12.3. The molecule has 1 unspecified atom stereocenters. The van der Waals surface area contributed by atoms with Gasteiger partial charge in [0.1, 0.15) is 0 Å². The van der Waals surface area contributed by atoms with E-state index in [9.17, 15) is 13.2 Å². The number of benzene rings is 2. The fraction of sp³-hybridized carbons (Fsp3) is 0.429. The van der Waals surface area contributed by atoms with Crippen LogP contribution in [0.4, 0.5) is 18.9 Å². The van der Waals surface area contributed by atoms with Crippen molar-refractivity contribution < 1.29 is 13.2 Å². The zero-order valence-corrected chi connectivity index (χ0v) is 19.5. The summed E-state index contributed by atoms with van der Waals surface area (Å²) in [6.45, 7) is 4.85. The third-order valence-electron chi connectivity index (χ3n) is 4.87. The molecule has 1 atom stereocenters. The van der Waals surface area contributed by atoms with E-state index < -0.39 is 5.51 Å². The number of piperazine rings is 1.